The standard InChI is InChI=1S/C19H31N3O2/c1-15-7-9-18(10-8-15)24-16(2)12-20-19(23)22(4)14-17-6-5-11-21(3)13-17/h7-10,16-17H,5-6,11-14H2,1-4H3,(H,20,23)/t16-,17-/m0/s1. The molecule has 0 saturated carbocycles. The van der Waals surface area contributed by atoms with E-state index < -0.39 is 0 Å². The molecule has 1 aliphatic heterocycles. The van der Waals surface area contributed by atoms with E-state index in [0.29, 0.717) is 12.5 Å². The summed E-state index contributed by atoms with van der Waals surface area (Å²) in [6, 6.07) is 7.94. The normalized spacial score (nSPS) is 19.6. The summed E-state index contributed by atoms with van der Waals surface area (Å²) in [6.45, 7) is 7.57. The highest BCUT2D eigenvalue weighted by Crippen LogP contribution is 2.16. The third-order valence-electron chi connectivity index (χ3n) is 4.50. The van der Waals surface area contributed by atoms with Gasteiger partial charge in [-0.05, 0) is 58.3 Å². The SMILES string of the molecule is Cc1ccc(O[C@@H](C)CNC(=O)N(C)C[C@H]2CCCN(C)C2)cc1. The van der Waals surface area contributed by atoms with Gasteiger partial charge in [0.15, 0.2) is 0 Å². The predicted molar refractivity (Wildman–Crippen MR) is 97.5 cm³/mol. The van der Waals surface area contributed by atoms with Crippen LogP contribution in [0.25, 0.3) is 0 Å². The van der Waals surface area contributed by atoms with Gasteiger partial charge in [-0.2, -0.15) is 0 Å². The van der Waals surface area contributed by atoms with E-state index in [4.69, 9.17) is 4.74 Å². The van der Waals surface area contributed by atoms with Gasteiger partial charge in [-0.25, -0.2) is 4.79 Å². The lowest BCUT2D eigenvalue weighted by molar-refractivity contribution is 0.158. The number of aryl methyl sites for hydroxylation is 1. The Labute approximate surface area is 146 Å². The van der Waals surface area contributed by atoms with E-state index in [-0.39, 0.29) is 12.1 Å². The lowest BCUT2D eigenvalue weighted by atomic mass is 9.98. The summed E-state index contributed by atoms with van der Waals surface area (Å²) >= 11 is 0. The monoisotopic (exact) mass is 333 g/mol. The van der Waals surface area contributed by atoms with Gasteiger partial charge in [-0.15, -0.1) is 0 Å². The van der Waals surface area contributed by atoms with E-state index in [2.05, 4.69) is 17.3 Å². The van der Waals surface area contributed by atoms with E-state index >= 15 is 0 Å². The van der Waals surface area contributed by atoms with Crippen LogP contribution in [0.15, 0.2) is 24.3 Å². The van der Waals surface area contributed by atoms with Gasteiger partial charge in [0.25, 0.3) is 0 Å². The number of hydrogen-bond acceptors (Lipinski definition) is 3. The first-order chi connectivity index (χ1) is 11.4. The second kappa shape index (κ2) is 8.92. The molecule has 5 nitrogen and oxygen atoms in total. The Bertz CT molecular complexity index is 518. The maximum atomic E-state index is 12.2. The third kappa shape index (κ3) is 6.04. The van der Waals surface area contributed by atoms with Crippen LogP contribution in [0.5, 0.6) is 5.75 Å². The van der Waals surface area contributed by atoms with Crippen LogP contribution in [0.2, 0.25) is 0 Å². The molecule has 134 valence electrons. The lowest BCUT2D eigenvalue weighted by Crippen LogP contribution is -2.45. The molecule has 1 aliphatic rings. The summed E-state index contributed by atoms with van der Waals surface area (Å²) in [4.78, 5) is 16.4. The Morgan fingerprint density at radius 3 is 2.79 bits per heavy atom. The highest BCUT2D eigenvalue weighted by molar-refractivity contribution is 5.73. The molecular formula is C19H31N3O2. The molecule has 1 aromatic rings. The number of nitrogens with zero attached hydrogens (tertiary/aromatic N) is 2. The zero-order valence-electron chi connectivity index (χ0n) is 15.4. The third-order valence-corrected chi connectivity index (χ3v) is 4.50. The summed E-state index contributed by atoms with van der Waals surface area (Å²) in [6.07, 6.45) is 2.36. The number of amides is 2. The zero-order chi connectivity index (χ0) is 17.5. The van der Waals surface area contributed by atoms with E-state index in [1.807, 2.05) is 45.2 Å². The molecule has 0 spiro atoms. The van der Waals surface area contributed by atoms with Crippen molar-refractivity contribution in [1.82, 2.24) is 15.1 Å². The molecule has 0 bridgehead atoms. The minimum absolute atomic E-state index is 0.0254. The molecule has 2 rings (SSSR count). The molecule has 0 unspecified atom stereocenters. The topological polar surface area (TPSA) is 44.8 Å². The molecular weight excluding hydrogens is 302 g/mol. The van der Waals surface area contributed by atoms with Crippen molar-refractivity contribution in [3.63, 3.8) is 0 Å². The van der Waals surface area contributed by atoms with Crippen LogP contribution < -0.4 is 10.1 Å². The van der Waals surface area contributed by atoms with Crippen molar-refractivity contribution in [3.05, 3.63) is 29.8 Å². The average Bonchev–Trinajstić information content (AvgIpc) is 2.54. The lowest BCUT2D eigenvalue weighted by Gasteiger charge is -2.32. The number of likely N-dealkylation sites (tertiary alicyclic amines) is 1. The van der Waals surface area contributed by atoms with Crippen LogP contribution in [0.3, 0.4) is 0 Å². The van der Waals surface area contributed by atoms with Gasteiger partial charge < -0.3 is 19.9 Å². The molecule has 1 aromatic carbocycles. The second-order valence-electron chi connectivity index (χ2n) is 7.08. The molecule has 2 amide bonds. The Kier molecular flexibility index (Phi) is 6.91. The molecule has 24 heavy (non-hydrogen) atoms. The number of piperidine rings is 1. The summed E-state index contributed by atoms with van der Waals surface area (Å²) in [7, 11) is 4.02. The average molecular weight is 333 g/mol. The molecule has 0 aromatic heterocycles. The van der Waals surface area contributed by atoms with Gasteiger partial charge in [0.2, 0.25) is 0 Å². The van der Waals surface area contributed by atoms with Gasteiger partial charge in [0, 0.05) is 20.1 Å². The summed E-state index contributed by atoms with van der Waals surface area (Å²) in [5, 5.41) is 2.96. The molecule has 1 heterocycles. The zero-order valence-corrected chi connectivity index (χ0v) is 15.4. The Morgan fingerprint density at radius 1 is 1.42 bits per heavy atom. The van der Waals surface area contributed by atoms with Gasteiger partial charge in [-0.3, -0.25) is 0 Å². The predicted octanol–water partition coefficient (Wildman–Crippen LogP) is 2.75. The fourth-order valence-electron chi connectivity index (χ4n) is 3.15. The summed E-state index contributed by atoms with van der Waals surface area (Å²) in [5.41, 5.74) is 1.21. The number of carbonyl (C=O) groups is 1. The van der Waals surface area contributed by atoms with Gasteiger partial charge in [-0.1, -0.05) is 17.7 Å². The molecule has 1 fully saturated rings. The number of ether oxygens (including phenoxy) is 1. The number of hydrogen-bond donors (Lipinski definition) is 1. The van der Waals surface area contributed by atoms with Gasteiger partial charge in [0.05, 0.1) is 6.54 Å². The molecule has 1 N–H and O–H groups in total. The summed E-state index contributed by atoms with van der Waals surface area (Å²) in [5.74, 6) is 1.40. The molecule has 0 aliphatic carbocycles. The Hall–Kier alpha value is -1.75. The van der Waals surface area contributed by atoms with Crippen LogP contribution in [0.4, 0.5) is 4.79 Å². The number of carbonyl (C=O) groups excluding carboxylic acids is 1. The fourth-order valence-corrected chi connectivity index (χ4v) is 3.15. The van der Waals surface area contributed by atoms with Crippen molar-refractivity contribution in [2.75, 3.05) is 40.3 Å². The number of nitrogens with one attached hydrogen (secondary N) is 1. The van der Waals surface area contributed by atoms with Crippen LogP contribution in [0.1, 0.15) is 25.3 Å². The number of benzene rings is 1. The molecule has 0 radical (unpaired) electrons. The van der Waals surface area contributed by atoms with Gasteiger partial charge >= 0.3 is 6.03 Å². The largest absolute Gasteiger partial charge is 0.489 e. The van der Waals surface area contributed by atoms with Crippen molar-refractivity contribution in [3.8, 4) is 5.75 Å². The smallest absolute Gasteiger partial charge is 0.317 e. The van der Waals surface area contributed by atoms with Crippen LogP contribution >= 0.6 is 0 Å². The van der Waals surface area contributed by atoms with E-state index in [9.17, 15) is 4.79 Å². The maximum absolute atomic E-state index is 12.2. The highest BCUT2D eigenvalue weighted by Gasteiger charge is 2.20. The van der Waals surface area contributed by atoms with Crippen LogP contribution in [0, 0.1) is 12.8 Å². The molecule has 5 heteroatoms. The number of urea groups is 1. The quantitative estimate of drug-likeness (QED) is 0.871. The second-order valence-corrected chi connectivity index (χ2v) is 7.08. The van der Waals surface area contributed by atoms with Gasteiger partial charge in [0.1, 0.15) is 11.9 Å². The van der Waals surface area contributed by atoms with Crippen molar-refractivity contribution in [1.29, 1.82) is 0 Å². The van der Waals surface area contributed by atoms with Crippen molar-refractivity contribution < 1.29 is 9.53 Å². The first-order valence-corrected chi connectivity index (χ1v) is 8.85. The van der Waals surface area contributed by atoms with E-state index in [0.717, 1.165) is 18.8 Å². The first-order valence-electron chi connectivity index (χ1n) is 8.85. The number of rotatable bonds is 6. The Balaban J connectivity index is 1.70. The molecule has 1 saturated heterocycles. The van der Waals surface area contributed by atoms with Crippen LogP contribution in [-0.2, 0) is 0 Å². The maximum Gasteiger partial charge on any atom is 0.317 e. The van der Waals surface area contributed by atoms with Crippen LogP contribution in [-0.4, -0.2) is 62.2 Å². The Morgan fingerprint density at radius 2 is 2.12 bits per heavy atom. The highest BCUT2D eigenvalue weighted by atomic mass is 16.5. The minimum atomic E-state index is -0.0640. The summed E-state index contributed by atoms with van der Waals surface area (Å²) < 4.78 is 5.82. The van der Waals surface area contributed by atoms with E-state index in [1.165, 1.54) is 24.9 Å². The molecule has 2 atom stereocenters. The van der Waals surface area contributed by atoms with Crippen molar-refractivity contribution in [2.45, 2.75) is 32.8 Å². The van der Waals surface area contributed by atoms with Crippen molar-refractivity contribution in [2.24, 2.45) is 5.92 Å². The van der Waals surface area contributed by atoms with Crippen molar-refractivity contribution >= 4 is 6.03 Å². The first kappa shape index (κ1) is 18.6. The fraction of sp³-hybridized carbons (Fsp3) is 0.632. The van der Waals surface area contributed by atoms with E-state index in [1.54, 1.807) is 4.90 Å². The minimum Gasteiger partial charge on any atom is -0.489 e.